The van der Waals surface area contributed by atoms with E-state index in [2.05, 4.69) is 57.4 Å². The molecule has 1 atom stereocenters. The Kier molecular flexibility index (Phi) is 8.21. The number of nitrogens with zero attached hydrogens (tertiary/aromatic N) is 5. The number of fused-ring (bicyclic) bond motifs is 1. The van der Waals surface area contributed by atoms with Gasteiger partial charge >= 0.3 is 11.9 Å². The summed E-state index contributed by atoms with van der Waals surface area (Å²) in [5.74, 6) is 4.89. The second kappa shape index (κ2) is 11.6. The van der Waals surface area contributed by atoms with Gasteiger partial charge in [-0.25, -0.2) is 4.98 Å². The van der Waals surface area contributed by atoms with Crippen LogP contribution in [0, 0.1) is 28.3 Å². The van der Waals surface area contributed by atoms with Gasteiger partial charge in [0.15, 0.2) is 5.52 Å². The van der Waals surface area contributed by atoms with Crippen molar-refractivity contribution in [3.63, 3.8) is 0 Å². The molecule has 1 N–H and O–H groups in total. The molecule has 10 heteroatoms. The monoisotopic (exact) mass is 655 g/mol. The van der Waals surface area contributed by atoms with Crippen LogP contribution in [0.2, 0.25) is 0 Å². The van der Waals surface area contributed by atoms with E-state index >= 15 is 0 Å². The summed E-state index contributed by atoms with van der Waals surface area (Å²) in [6.07, 6.45) is 4.50. The van der Waals surface area contributed by atoms with Gasteiger partial charge in [0.25, 0.3) is 5.88 Å². The molecule has 210 valence electrons. The maximum atomic E-state index is 13.6. The maximum absolute atomic E-state index is 13.6. The maximum Gasteiger partial charge on any atom is 0.308 e. The van der Waals surface area contributed by atoms with Crippen LogP contribution in [0.5, 0.6) is 5.88 Å². The Bertz CT molecular complexity index is 1520. The van der Waals surface area contributed by atoms with Crippen molar-refractivity contribution in [3.8, 4) is 17.7 Å². The van der Waals surface area contributed by atoms with Gasteiger partial charge in [-0.1, -0.05) is 5.92 Å². The fourth-order valence-corrected chi connectivity index (χ4v) is 6.19. The molecule has 2 aromatic heterocycles. The quantitative estimate of drug-likeness (QED) is 0.274. The number of hydrogen-bond donors (Lipinski definition) is 1. The summed E-state index contributed by atoms with van der Waals surface area (Å²) in [6.45, 7) is 6.84. The molecule has 1 aliphatic carbocycles. The third-order valence-electron chi connectivity index (χ3n) is 7.98. The molecule has 1 aromatic carbocycles. The van der Waals surface area contributed by atoms with Crippen LogP contribution in [0.1, 0.15) is 57.9 Å². The van der Waals surface area contributed by atoms with E-state index in [1.54, 1.807) is 16.5 Å². The van der Waals surface area contributed by atoms with Crippen molar-refractivity contribution >= 4 is 62.7 Å². The fraction of sp³-hybridized carbons (Fsp3) is 0.467. The first-order chi connectivity index (χ1) is 19.2. The Balaban J connectivity index is 1.57. The van der Waals surface area contributed by atoms with E-state index in [1.807, 2.05) is 32.2 Å². The first-order valence-corrected chi connectivity index (χ1v) is 14.8. The van der Waals surface area contributed by atoms with Crippen LogP contribution in [0.15, 0.2) is 24.3 Å². The van der Waals surface area contributed by atoms with Crippen molar-refractivity contribution in [3.05, 3.63) is 33.4 Å². The number of aliphatic carboxylic acids is 1. The van der Waals surface area contributed by atoms with Gasteiger partial charge in [-0.3, -0.25) is 19.2 Å². The minimum absolute atomic E-state index is 0.134. The number of hydrogen-bond acceptors (Lipinski definition) is 6. The molecule has 3 aromatic rings. The number of carboxylic acids is 1. The molecule has 0 spiro atoms. The van der Waals surface area contributed by atoms with E-state index < -0.39 is 5.97 Å². The number of aromatic nitrogens is 3. The van der Waals surface area contributed by atoms with Gasteiger partial charge in [0.05, 0.1) is 22.8 Å². The summed E-state index contributed by atoms with van der Waals surface area (Å²) >= 11 is 2.35. The fourth-order valence-electron chi connectivity index (χ4n) is 5.74. The molecule has 1 unspecified atom stereocenters. The molecular weight excluding hydrogens is 621 g/mol. The van der Waals surface area contributed by atoms with Gasteiger partial charge in [-0.15, -0.1) is 5.10 Å². The van der Waals surface area contributed by atoms with Gasteiger partial charge in [0, 0.05) is 23.2 Å². The highest BCUT2D eigenvalue weighted by Crippen LogP contribution is 2.41. The molecule has 1 amide bonds. The number of halogens is 1. The summed E-state index contributed by atoms with van der Waals surface area (Å²) in [5.41, 5.74) is 4.15. The van der Waals surface area contributed by atoms with Crippen molar-refractivity contribution in [2.45, 2.75) is 71.4 Å². The first kappa shape index (κ1) is 28.2. The highest BCUT2D eigenvalue weighted by atomic mass is 127. The molecule has 1 saturated heterocycles. The number of benzene rings is 1. The van der Waals surface area contributed by atoms with Crippen LogP contribution < -0.4 is 14.5 Å². The number of pyridine rings is 1. The number of ether oxygens (including phenoxy) is 1. The highest BCUT2D eigenvalue weighted by molar-refractivity contribution is 14.1. The molecule has 0 bridgehead atoms. The molecule has 0 radical (unpaired) electrons. The lowest BCUT2D eigenvalue weighted by molar-refractivity contribution is -0.143. The van der Waals surface area contributed by atoms with Crippen molar-refractivity contribution in [1.29, 1.82) is 0 Å². The zero-order chi connectivity index (χ0) is 28.6. The van der Waals surface area contributed by atoms with Gasteiger partial charge < -0.3 is 14.7 Å². The van der Waals surface area contributed by atoms with Crippen molar-refractivity contribution in [1.82, 2.24) is 14.8 Å². The van der Waals surface area contributed by atoms with Gasteiger partial charge in [0.1, 0.15) is 11.9 Å². The summed E-state index contributed by atoms with van der Waals surface area (Å²) in [4.78, 5) is 33.9. The number of amides is 1. The van der Waals surface area contributed by atoms with Crippen LogP contribution in [-0.4, -0.2) is 50.4 Å². The van der Waals surface area contributed by atoms with Gasteiger partial charge in [-0.2, -0.15) is 0 Å². The highest BCUT2D eigenvalue weighted by Gasteiger charge is 2.31. The Labute approximate surface area is 248 Å². The number of anilines is 3. The van der Waals surface area contributed by atoms with Gasteiger partial charge in [0.2, 0.25) is 0 Å². The summed E-state index contributed by atoms with van der Waals surface area (Å²) in [6, 6.07) is 8.28. The molecule has 40 heavy (non-hydrogen) atoms. The SMILES string of the molecule is CC#CC(=O)N(c1ccc2c(n1)c(OC1CCC(C(=O)O)CC1)nn2C)c1cc(C)c(I)cc1N1CCCC1C. The van der Waals surface area contributed by atoms with Crippen molar-refractivity contribution in [2.24, 2.45) is 13.0 Å². The molecular formula is C30H34IN5O4. The molecule has 1 saturated carbocycles. The number of carbonyl (C=O) groups is 2. The van der Waals surface area contributed by atoms with E-state index in [9.17, 15) is 14.7 Å². The molecule has 5 rings (SSSR count). The number of aryl methyl sites for hydroxylation is 2. The number of carbonyl (C=O) groups excluding carboxylic acids is 1. The molecule has 2 fully saturated rings. The Hall–Kier alpha value is -3.33. The molecule has 3 heterocycles. The van der Waals surface area contributed by atoms with Crippen LogP contribution in [0.4, 0.5) is 17.2 Å². The summed E-state index contributed by atoms with van der Waals surface area (Å²) in [7, 11) is 1.83. The van der Waals surface area contributed by atoms with E-state index in [0.717, 1.165) is 45.4 Å². The standard InChI is InChI=1S/C30H34IN5O4/c1-5-7-27(37)36(25-16-18(2)22(31)17-24(25)35-15-6-8-19(35)3)26-14-13-23-28(32-26)29(33-34(23)4)40-21-11-9-20(10-12-21)30(38)39/h13-14,16-17,19-21H,6,8-12,15H2,1-4H3,(H,38,39). The van der Waals surface area contributed by atoms with Gasteiger partial charge in [-0.05, 0) is 118 Å². The third kappa shape index (κ3) is 5.48. The molecule has 9 nitrogen and oxygen atoms in total. The van der Waals surface area contributed by atoms with Crippen LogP contribution in [0.25, 0.3) is 11.0 Å². The second-order valence-electron chi connectivity index (χ2n) is 10.7. The van der Waals surface area contributed by atoms with Crippen molar-refractivity contribution in [2.75, 3.05) is 16.3 Å². The lowest BCUT2D eigenvalue weighted by Crippen LogP contribution is -2.31. The average molecular weight is 656 g/mol. The lowest BCUT2D eigenvalue weighted by atomic mass is 9.87. The topological polar surface area (TPSA) is 101 Å². The third-order valence-corrected chi connectivity index (χ3v) is 9.14. The zero-order valence-corrected chi connectivity index (χ0v) is 25.4. The average Bonchev–Trinajstić information content (AvgIpc) is 3.49. The first-order valence-electron chi connectivity index (χ1n) is 13.7. The Morgan fingerprint density at radius 3 is 2.58 bits per heavy atom. The summed E-state index contributed by atoms with van der Waals surface area (Å²) in [5, 5.41) is 13.9. The normalized spacial score (nSPS) is 20.7. The van der Waals surface area contributed by atoms with E-state index in [4.69, 9.17) is 9.72 Å². The van der Waals surface area contributed by atoms with E-state index in [0.29, 0.717) is 48.9 Å². The number of rotatable bonds is 6. The van der Waals surface area contributed by atoms with Crippen LogP contribution in [0.3, 0.4) is 0 Å². The molecule has 1 aliphatic heterocycles. The van der Waals surface area contributed by atoms with E-state index in [1.165, 1.54) is 0 Å². The Morgan fingerprint density at radius 1 is 1.18 bits per heavy atom. The predicted molar refractivity (Wildman–Crippen MR) is 163 cm³/mol. The van der Waals surface area contributed by atoms with Crippen LogP contribution in [-0.2, 0) is 16.6 Å². The minimum Gasteiger partial charge on any atom is -0.481 e. The largest absolute Gasteiger partial charge is 0.481 e. The summed E-state index contributed by atoms with van der Waals surface area (Å²) < 4.78 is 9.14. The Morgan fingerprint density at radius 2 is 1.93 bits per heavy atom. The predicted octanol–water partition coefficient (Wildman–Crippen LogP) is 5.58. The second-order valence-corrected chi connectivity index (χ2v) is 11.8. The lowest BCUT2D eigenvalue weighted by Gasteiger charge is -2.31. The smallest absolute Gasteiger partial charge is 0.308 e. The van der Waals surface area contributed by atoms with E-state index in [-0.39, 0.29) is 17.9 Å². The number of carboxylic acid groups (broad SMARTS) is 1. The zero-order valence-electron chi connectivity index (χ0n) is 23.3. The van der Waals surface area contributed by atoms with Crippen LogP contribution >= 0.6 is 22.6 Å². The minimum atomic E-state index is -0.749. The van der Waals surface area contributed by atoms with Crippen molar-refractivity contribution < 1.29 is 19.4 Å². The molecule has 2 aliphatic rings.